The molecule has 1 atom stereocenters. The highest BCUT2D eigenvalue weighted by Gasteiger charge is 2.20. The summed E-state index contributed by atoms with van der Waals surface area (Å²) in [5.41, 5.74) is 2.13. The van der Waals surface area contributed by atoms with Crippen LogP contribution in [0.25, 0.3) is 16.4 Å². The van der Waals surface area contributed by atoms with Crippen LogP contribution in [0.15, 0.2) is 47.5 Å². The maximum Gasteiger partial charge on any atom is 0.340 e. The smallest absolute Gasteiger partial charge is 0.340 e. The van der Waals surface area contributed by atoms with Gasteiger partial charge in [0.05, 0.1) is 35.8 Å². The summed E-state index contributed by atoms with van der Waals surface area (Å²) in [7, 11) is 1.37. The number of esters is 1. The van der Waals surface area contributed by atoms with Crippen molar-refractivity contribution in [2.75, 3.05) is 18.7 Å². The molecular weight excluding hydrogens is 322 g/mol. The normalized spacial score (nSPS) is 12.7. The van der Waals surface area contributed by atoms with Gasteiger partial charge < -0.3 is 13.7 Å². The maximum absolute atomic E-state index is 12.1. The Morgan fingerprint density at radius 1 is 1.27 bits per heavy atom. The summed E-state index contributed by atoms with van der Waals surface area (Å²) < 4.78 is 18.9. The summed E-state index contributed by atoms with van der Waals surface area (Å²) >= 11 is 4.51. The first-order valence-corrected chi connectivity index (χ1v) is 8.58. The molecule has 1 unspecified atom stereocenters. The quantitative estimate of drug-likeness (QED) is 0.418. The lowest BCUT2D eigenvalue weighted by molar-refractivity contribution is 0.0605. The fourth-order valence-corrected chi connectivity index (χ4v) is 3.80. The molecule has 114 valence electrons. The molecule has 0 radical (unpaired) electrons. The van der Waals surface area contributed by atoms with Crippen LogP contribution < -0.4 is 0 Å². The van der Waals surface area contributed by atoms with E-state index in [-0.39, 0.29) is 5.97 Å². The summed E-state index contributed by atoms with van der Waals surface area (Å²) in [5, 5.41) is 0.814. The number of nitrogens with zero attached hydrogens (tertiary/aromatic N) is 1. The van der Waals surface area contributed by atoms with E-state index in [0.717, 1.165) is 16.4 Å². The van der Waals surface area contributed by atoms with Gasteiger partial charge in [-0.25, -0.2) is 4.79 Å². The van der Waals surface area contributed by atoms with Crippen LogP contribution in [0.5, 0.6) is 0 Å². The van der Waals surface area contributed by atoms with Gasteiger partial charge in [-0.05, 0) is 29.4 Å². The van der Waals surface area contributed by atoms with Crippen LogP contribution in [0.2, 0.25) is 0 Å². The zero-order valence-corrected chi connectivity index (χ0v) is 13.5. The second kappa shape index (κ2) is 6.20. The number of ether oxygens (including phenoxy) is 1. The summed E-state index contributed by atoms with van der Waals surface area (Å²) in [5.74, 6) is 0.356. The highest BCUT2D eigenvalue weighted by Crippen LogP contribution is 2.28. The van der Waals surface area contributed by atoms with Crippen molar-refractivity contribution in [1.82, 2.24) is 4.40 Å². The second-order valence-electron chi connectivity index (χ2n) is 4.74. The molecule has 2 aromatic heterocycles. The van der Waals surface area contributed by atoms with Crippen LogP contribution in [-0.4, -0.2) is 33.7 Å². The monoisotopic (exact) mass is 335 g/mol. The first-order valence-electron chi connectivity index (χ1n) is 6.73. The minimum atomic E-state index is -1.15. The van der Waals surface area contributed by atoms with Crippen LogP contribution in [0.3, 0.4) is 0 Å². The van der Waals surface area contributed by atoms with Gasteiger partial charge in [0, 0.05) is 5.39 Å². The van der Waals surface area contributed by atoms with Crippen molar-refractivity contribution in [3.05, 3.63) is 48.2 Å². The van der Waals surface area contributed by atoms with Gasteiger partial charge >= 0.3 is 5.97 Å². The molecule has 0 saturated heterocycles. The van der Waals surface area contributed by atoms with E-state index in [1.165, 1.54) is 7.11 Å². The van der Waals surface area contributed by atoms with E-state index in [9.17, 15) is 9.35 Å². The Kier molecular flexibility index (Phi) is 4.29. The Hall–Kier alpha value is -1.69. The standard InChI is InChI=1S/C16H14ClNO3S/c1-21-16(19)15-12-4-2-3-5-13(12)18-10-11(6-7-14(15)18)22(20)9-8-17/h2-7,10H,8-9H2,1H3. The molecule has 6 heteroatoms. The topological polar surface area (TPSA) is 53.8 Å². The molecule has 0 aliphatic rings. The molecule has 3 aromatic rings. The lowest BCUT2D eigenvalue weighted by Crippen LogP contribution is -2.09. The van der Waals surface area contributed by atoms with E-state index in [0.29, 0.717) is 22.1 Å². The molecule has 4 nitrogen and oxygen atoms in total. The largest absolute Gasteiger partial charge is 0.611 e. The minimum absolute atomic E-state index is 0.338. The number of halogens is 1. The van der Waals surface area contributed by atoms with Crippen LogP contribution in [0.4, 0.5) is 0 Å². The molecule has 0 aliphatic carbocycles. The number of carbonyl (C=O) groups excluding carboxylic acids is 1. The van der Waals surface area contributed by atoms with Gasteiger partial charge in [-0.2, -0.15) is 0 Å². The maximum atomic E-state index is 12.1. The highest BCUT2D eigenvalue weighted by atomic mass is 35.5. The van der Waals surface area contributed by atoms with Crippen molar-refractivity contribution in [1.29, 1.82) is 0 Å². The summed E-state index contributed by atoms with van der Waals surface area (Å²) in [6.07, 6.45) is 1.80. The highest BCUT2D eigenvalue weighted by molar-refractivity contribution is 7.91. The molecule has 2 heterocycles. The minimum Gasteiger partial charge on any atom is -0.611 e. The molecule has 0 bridgehead atoms. The van der Waals surface area contributed by atoms with Crippen molar-refractivity contribution >= 4 is 45.2 Å². The molecule has 1 aromatic carbocycles. The molecule has 0 spiro atoms. The van der Waals surface area contributed by atoms with Crippen LogP contribution >= 0.6 is 11.6 Å². The number of pyridine rings is 1. The zero-order valence-electron chi connectivity index (χ0n) is 11.9. The van der Waals surface area contributed by atoms with Crippen LogP contribution in [0, 0.1) is 0 Å². The van der Waals surface area contributed by atoms with Gasteiger partial charge in [-0.15, -0.1) is 11.6 Å². The SMILES string of the molecule is COC(=O)c1c2ccccc2n2cc([S+]([O-])CCCl)ccc12. The number of rotatable bonds is 4. The van der Waals surface area contributed by atoms with Crippen LogP contribution in [0.1, 0.15) is 10.4 Å². The fourth-order valence-electron chi connectivity index (χ4n) is 2.56. The molecule has 3 rings (SSSR count). The Morgan fingerprint density at radius 2 is 2.05 bits per heavy atom. The van der Waals surface area contributed by atoms with E-state index < -0.39 is 11.2 Å². The predicted octanol–water partition coefficient (Wildman–Crippen LogP) is 3.23. The van der Waals surface area contributed by atoms with Gasteiger partial charge in [0.2, 0.25) is 0 Å². The Labute approximate surface area is 135 Å². The third-order valence-corrected chi connectivity index (χ3v) is 5.28. The number of carbonyl (C=O) groups is 1. The van der Waals surface area contributed by atoms with Crippen molar-refractivity contribution in [2.45, 2.75) is 4.90 Å². The lowest BCUT2D eigenvalue weighted by atomic mass is 10.1. The molecule has 0 fully saturated rings. The van der Waals surface area contributed by atoms with Crippen molar-refractivity contribution in [3.8, 4) is 0 Å². The van der Waals surface area contributed by atoms with Crippen molar-refractivity contribution in [3.63, 3.8) is 0 Å². The second-order valence-corrected chi connectivity index (χ2v) is 6.69. The summed E-state index contributed by atoms with van der Waals surface area (Å²) in [6, 6.07) is 11.1. The Balaban J connectivity index is 2.29. The Bertz CT molecular complexity index is 846. The average Bonchev–Trinajstić information content (AvgIpc) is 2.88. The average molecular weight is 336 g/mol. The first kappa shape index (κ1) is 15.2. The van der Waals surface area contributed by atoms with Crippen molar-refractivity contribution < 1.29 is 14.1 Å². The molecule has 0 aliphatic heterocycles. The van der Waals surface area contributed by atoms with Gasteiger partial charge in [0.1, 0.15) is 5.75 Å². The number of aromatic nitrogens is 1. The number of methoxy groups -OCH3 is 1. The fraction of sp³-hybridized carbons (Fsp3) is 0.188. The van der Waals surface area contributed by atoms with Gasteiger partial charge in [0.25, 0.3) is 0 Å². The summed E-state index contributed by atoms with van der Waals surface area (Å²) in [4.78, 5) is 12.8. The zero-order chi connectivity index (χ0) is 15.7. The molecular formula is C16H14ClNO3S. The lowest BCUT2D eigenvalue weighted by Gasteiger charge is -2.09. The van der Waals surface area contributed by atoms with Gasteiger partial charge in [0.15, 0.2) is 4.90 Å². The summed E-state index contributed by atoms with van der Waals surface area (Å²) in [6.45, 7) is 0. The van der Waals surface area contributed by atoms with Crippen LogP contribution in [-0.2, 0) is 15.9 Å². The van der Waals surface area contributed by atoms with E-state index in [4.69, 9.17) is 16.3 Å². The molecule has 0 amide bonds. The van der Waals surface area contributed by atoms with E-state index in [1.807, 2.05) is 28.7 Å². The Morgan fingerprint density at radius 3 is 2.77 bits per heavy atom. The number of alkyl halides is 1. The third kappa shape index (κ3) is 2.45. The molecule has 0 saturated carbocycles. The predicted molar refractivity (Wildman–Crippen MR) is 88.2 cm³/mol. The van der Waals surface area contributed by atoms with E-state index in [1.54, 1.807) is 18.3 Å². The van der Waals surface area contributed by atoms with Crippen molar-refractivity contribution in [2.24, 2.45) is 0 Å². The number of fused-ring (bicyclic) bond motifs is 3. The molecule has 0 N–H and O–H groups in total. The van der Waals surface area contributed by atoms with E-state index >= 15 is 0 Å². The van der Waals surface area contributed by atoms with Gasteiger partial charge in [-0.1, -0.05) is 18.2 Å². The number of hydrogen-bond donors (Lipinski definition) is 0. The van der Waals surface area contributed by atoms with Gasteiger partial charge in [-0.3, -0.25) is 0 Å². The number of benzene rings is 1. The number of hydrogen-bond acceptors (Lipinski definition) is 3. The van der Waals surface area contributed by atoms with E-state index in [2.05, 4.69) is 0 Å². The first-order chi connectivity index (χ1) is 10.7. The molecule has 22 heavy (non-hydrogen) atoms. The number of para-hydroxylation sites is 1. The third-order valence-electron chi connectivity index (χ3n) is 3.53.